The standard InChI is InChI=1S/C24H42N2O5/c1-22(2,3)21(29)31-17-12-11-15-30-20(17)26(16-27)18(19(28)25-23(4,5)6)24(7)13-9-8-10-14-24/h16-18,20H,8-15H2,1-7H3,(H,25,28)/t17-,18?,20-/m0/s1. The highest BCUT2D eigenvalue weighted by atomic mass is 16.6. The Kier molecular flexibility index (Phi) is 8.17. The molecular weight excluding hydrogens is 396 g/mol. The Balaban J connectivity index is 2.39. The highest BCUT2D eigenvalue weighted by Crippen LogP contribution is 2.42. The zero-order chi connectivity index (χ0) is 23.4. The third-order valence-electron chi connectivity index (χ3n) is 6.23. The van der Waals surface area contributed by atoms with E-state index in [1.165, 1.54) is 4.90 Å². The van der Waals surface area contributed by atoms with Gasteiger partial charge in [0, 0.05) is 12.1 Å². The van der Waals surface area contributed by atoms with Gasteiger partial charge in [-0.2, -0.15) is 0 Å². The molecule has 1 aliphatic carbocycles. The van der Waals surface area contributed by atoms with E-state index in [-0.39, 0.29) is 17.3 Å². The largest absolute Gasteiger partial charge is 0.457 e. The van der Waals surface area contributed by atoms with E-state index in [0.717, 1.165) is 38.5 Å². The number of hydrogen-bond acceptors (Lipinski definition) is 5. The van der Waals surface area contributed by atoms with Gasteiger partial charge in [0.1, 0.15) is 12.1 Å². The number of hydrogen-bond donors (Lipinski definition) is 1. The van der Waals surface area contributed by atoms with Crippen LogP contribution in [-0.4, -0.2) is 53.7 Å². The highest BCUT2D eigenvalue weighted by Gasteiger charge is 2.49. The van der Waals surface area contributed by atoms with Gasteiger partial charge in [0.2, 0.25) is 12.3 Å². The molecule has 178 valence electrons. The smallest absolute Gasteiger partial charge is 0.311 e. The molecule has 2 amide bonds. The summed E-state index contributed by atoms with van der Waals surface area (Å²) in [5.74, 6) is -0.516. The predicted octanol–water partition coefficient (Wildman–Crippen LogP) is 3.79. The Morgan fingerprint density at radius 3 is 2.23 bits per heavy atom. The van der Waals surface area contributed by atoms with Crippen LogP contribution < -0.4 is 5.32 Å². The number of nitrogens with one attached hydrogen (secondary N) is 1. The summed E-state index contributed by atoms with van der Waals surface area (Å²) in [6.07, 6.45) is 5.58. The number of ether oxygens (including phenoxy) is 2. The van der Waals surface area contributed by atoms with E-state index in [1.54, 1.807) is 20.8 Å². The normalized spacial score (nSPS) is 25.3. The quantitative estimate of drug-likeness (QED) is 0.504. The van der Waals surface area contributed by atoms with Crippen LogP contribution in [0.1, 0.15) is 93.4 Å². The summed E-state index contributed by atoms with van der Waals surface area (Å²) in [5, 5.41) is 3.07. The van der Waals surface area contributed by atoms with Crippen LogP contribution in [0.3, 0.4) is 0 Å². The molecule has 2 fully saturated rings. The van der Waals surface area contributed by atoms with Crippen molar-refractivity contribution in [2.75, 3.05) is 6.61 Å². The lowest BCUT2D eigenvalue weighted by Crippen LogP contribution is -2.64. The highest BCUT2D eigenvalue weighted by molar-refractivity contribution is 5.85. The van der Waals surface area contributed by atoms with Crippen LogP contribution in [0.15, 0.2) is 0 Å². The Morgan fingerprint density at radius 2 is 1.71 bits per heavy atom. The van der Waals surface area contributed by atoms with Gasteiger partial charge in [-0.3, -0.25) is 14.4 Å². The van der Waals surface area contributed by atoms with Gasteiger partial charge >= 0.3 is 5.97 Å². The summed E-state index contributed by atoms with van der Waals surface area (Å²) in [7, 11) is 0. The summed E-state index contributed by atoms with van der Waals surface area (Å²) >= 11 is 0. The predicted molar refractivity (Wildman–Crippen MR) is 119 cm³/mol. The van der Waals surface area contributed by atoms with Crippen LogP contribution in [0.25, 0.3) is 0 Å². The Morgan fingerprint density at radius 1 is 1.10 bits per heavy atom. The molecule has 2 rings (SSSR count). The minimum atomic E-state index is -0.771. The second-order valence-corrected chi connectivity index (χ2v) is 11.5. The molecule has 2 aliphatic rings. The van der Waals surface area contributed by atoms with Crippen molar-refractivity contribution in [2.45, 2.75) is 117 Å². The molecule has 1 heterocycles. The maximum Gasteiger partial charge on any atom is 0.311 e. The van der Waals surface area contributed by atoms with Crippen LogP contribution in [0.4, 0.5) is 0 Å². The fourth-order valence-corrected chi connectivity index (χ4v) is 4.60. The Labute approximate surface area is 187 Å². The first-order valence-electron chi connectivity index (χ1n) is 11.7. The van der Waals surface area contributed by atoms with E-state index in [9.17, 15) is 14.4 Å². The minimum absolute atomic E-state index is 0.181. The molecule has 7 heteroatoms. The monoisotopic (exact) mass is 438 g/mol. The van der Waals surface area contributed by atoms with Gasteiger partial charge in [0.15, 0.2) is 6.23 Å². The zero-order valence-corrected chi connectivity index (χ0v) is 20.5. The Bertz CT molecular complexity index is 643. The molecule has 1 saturated carbocycles. The van der Waals surface area contributed by atoms with Crippen LogP contribution >= 0.6 is 0 Å². The third kappa shape index (κ3) is 6.67. The molecular formula is C24H42N2O5. The molecule has 0 bridgehead atoms. The van der Waals surface area contributed by atoms with Crippen molar-refractivity contribution in [1.29, 1.82) is 0 Å². The van der Waals surface area contributed by atoms with E-state index in [0.29, 0.717) is 19.4 Å². The average Bonchev–Trinajstić information content (AvgIpc) is 2.64. The molecule has 1 unspecified atom stereocenters. The van der Waals surface area contributed by atoms with Crippen molar-refractivity contribution in [1.82, 2.24) is 10.2 Å². The minimum Gasteiger partial charge on any atom is -0.457 e. The maximum absolute atomic E-state index is 13.5. The molecule has 0 aromatic heterocycles. The molecule has 1 saturated heterocycles. The fourth-order valence-electron chi connectivity index (χ4n) is 4.60. The number of esters is 1. The van der Waals surface area contributed by atoms with Crippen molar-refractivity contribution in [3.05, 3.63) is 0 Å². The second-order valence-electron chi connectivity index (χ2n) is 11.5. The summed E-state index contributed by atoms with van der Waals surface area (Å²) in [6.45, 7) is 13.7. The lowest BCUT2D eigenvalue weighted by molar-refractivity contribution is -0.203. The topological polar surface area (TPSA) is 84.9 Å². The van der Waals surface area contributed by atoms with Gasteiger partial charge in [0.05, 0.1) is 5.41 Å². The number of rotatable bonds is 6. The molecule has 0 aromatic carbocycles. The van der Waals surface area contributed by atoms with Crippen LogP contribution in [0.2, 0.25) is 0 Å². The van der Waals surface area contributed by atoms with Crippen molar-refractivity contribution in [3.63, 3.8) is 0 Å². The molecule has 0 spiro atoms. The zero-order valence-electron chi connectivity index (χ0n) is 20.5. The first-order chi connectivity index (χ1) is 14.3. The number of carbonyl (C=O) groups excluding carboxylic acids is 3. The lowest BCUT2D eigenvalue weighted by atomic mass is 9.69. The van der Waals surface area contributed by atoms with Gasteiger partial charge < -0.3 is 19.7 Å². The summed E-state index contributed by atoms with van der Waals surface area (Å²) in [5.41, 5.74) is -1.46. The van der Waals surface area contributed by atoms with Crippen molar-refractivity contribution in [2.24, 2.45) is 10.8 Å². The van der Waals surface area contributed by atoms with Crippen LogP contribution in [0, 0.1) is 10.8 Å². The number of carbonyl (C=O) groups is 3. The maximum atomic E-state index is 13.5. The van der Waals surface area contributed by atoms with E-state index in [1.807, 2.05) is 20.8 Å². The van der Waals surface area contributed by atoms with Gasteiger partial charge in [-0.1, -0.05) is 26.2 Å². The van der Waals surface area contributed by atoms with Gasteiger partial charge in [0.25, 0.3) is 0 Å². The molecule has 7 nitrogen and oxygen atoms in total. The van der Waals surface area contributed by atoms with E-state index < -0.39 is 29.3 Å². The van der Waals surface area contributed by atoms with Crippen molar-refractivity contribution >= 4 is 18.3 Å². The van der Waals surface area contributed by atoms with Gasteiger partial charge in [-0.05, 0) is 72.6 Å². The molecule has 0 radical (unpaired) electrons. The number of nitrogens with zero attached hydrogens (tertiary/aromatic N) is 1. The van der Waals surface area contributed by atoms with Gasteiger partial charge in [-0.15, -0.1) is 0 Å². The average molecular weight is 439 g/mol. The van der Waals surface area contributed by atoms with Crippen molar-refractivity contribution < 1.29 is 23.9 Å². The van der Waals surface area contributed by atoms with Gasteiger partial charge in [-0.25, -0.2) is 0 Å². The summed E-state index contributed by atoms with van der Waals surface area (Å²) in [6, 6.07) is -0.691. The van der Waals surface area contributed by atoms with E-state index in [2.05, 4.69) is 12.2 Å². The van der Waals surface area contributed by atoms with Crippen LogP contribution in [-0.2, 0) is 23.9 Å². The van der Waals surface area contributed by atoms with Crippen molar-refractivity contribution in [3.8, 4) is 0 Å². The molecule has 1 N–H and O–H groups in total. The lowest BCUT2D eigenvalue weighted by Gasteiger charge is -2.48. The SMILES string of the molecule is CC(C)(C)NC(=O)C(N(C=O)[C@H]1OCCC[C@@H]1OC(=O)C(C)(C)C)C1(C)CCCCC1. The third-order valence-corrected chi connectivity index (χ3v) is 6.23. The molecule has 0 aromatic rings. The molecule has 1 aliphatic heterocycles. The fraction of sp³-hybridized carbons (Fsp3) is 0.875. The van der Waals surface area contributed by atoms with Crippen LogP contribution in [0.5, 0.6) is 0 Å². The number of amides is 2. The first kappa shape index (κ1) is 25.6. The first-order valence-corrected chi connectivity index (χ1v) is 11.7. The molecule has 31 heavy (non-hydrogen) atoms. The second kappa shape index (κ2) is 9.88. The Hall–Kier alpha value is -1.63. The van der Waals surface area contributed by atoms with E-state index >= 15 is 0 Å². The van der Waals surface area contributed by atoms with E-state index in [4.69, 9.17) is 9.47 Å². The molecule has 3 atom stereocenters. The summed E-state index contributed by atoms with van der Waals surface area (Å²) in [4.78, 5) is 40.0. The summed E-state index contributed by atoms with van der Waals surface area (Å²) < 4.78 is 11.8.